The molecule has 3 N–H and O–H groups in total. The van der Waals surface area contributed by atoms with Crippen LogP contribution in [0.4, 0.5) is 0 Å². The van der Waals surface area contributed by atoms with Crippen LogP contribution < -0.4 is 11.1 Å². The average molecular weight is 366 g/mol. The van der Waals surface area contributed by atoms with Gasteiger partial charge in [-0.25, -0.2) is 0 Å². The third kappa shape index (κ3) is 5.77. The average Bonchev–Trinajstić information content (AvgIpc) is 3.33. The molecule has 0 aromatic rings. The molecule has 6 heteroatoms. The molecule has 136 valence electrons. The number of carbonyl (C=O) groups is 1. The monoisotopic (exact) mass is 365 g/mol. The summed E-state index contributed by atoms with van der Waals surface area (Å²) in [5, 5.41) is 3.28. The SMILES string of the molecule is Cl.Cl.NCC1(CC(=O)NC2CCN(C3CC3)CC2)CCCCC1. The van der Waals surface area contributed by atoms with Crippen molar-refractivity contribution in [2.75, 3.05) is 19.6 Å². The maximum atomic E-state index is 12.4. The highest BCUT2D eigenvalue weighted by molar-refractivity contribution is 5.85. The summed E-state index contributed by atoms with van der Waals surface area (Å²) in [5.41, 5.74) is 6.09. The highest BCUT2D eigenvalue weighted by atomic mass is 35.5. The summed E-state index contributed by atoms with van der Waals surface area (Å²) in [6, 6.07) is 1.26. The molecule has 2 saturated carbocycles. The predicted octanol–water partition coefficient (Wildman–Crippen LogP) is 2.87. The Balaban J connectivity index is 0.00000132. The maximum absolute atomic E-state index is 12.4. The fraction of sp³-hybridized carbons (Fsp3) is 0.941. The number of rotatable bonds is 5. The Morgan fingerprint density at radius 1 is 1.04 bits per heavy atom. The van der Waals surface area contributed by atoms with Crippen LogP contribution in [0.3, 0.4) is 0 Å². The molecule has 1 saturated heterocycles. The van der Waals surface area contributed by atoms with Crippen molar-refractivity contribution in [1.82, 2.24) is 10.2 Å². The minimum Gasteiger partial charge on any atom is -0.353 e. The number of nitrogens with one attached hydrogen (secondary N) is 1. The van der Waals surface area contributed by atoms with E-state index < -0.39 is 0 Å². The quantitative estimate of drug-likeness (QED) is 0.787. The molecular formula is C17H33Cl2N3O. The van der Waals surface area contributed by atoms with Gasteiger partial charge in [-0.05, 0) is 50.5 Å². The Kier molecular flexibility index (Phi) is 8.64. The van der Waals surface area contributed by atoms with Gasteiger partial charge in [0.1, 0.15) is 0 Å². The van der Waals surface area contributed by atoms with Crippen LogP contribution in [0.25, 0.3) is 0 Å². The molecule has 0 aromatic carbocycles. The zero-order chi connectivity index (χ0) is 14.7. The van der Waals surface area contributed by atoms with Gasteiger partial charge in [-0.3, -0.25) is 4.79 Å². The van der Waals surface area contributed by atoms with Crippen molar-refractivity contribution in [3.8, 4) is 0 Å². The second kappa shape index (κ2) is 9.45. The van der Waals surface area contributed by atoms with Crippen molar-refractivity contribution in [2.45, 2.75) is 76.3 Å². The molecule has 3 aliphatic rings. The first-order valence-corrected chi connectivity index (χ1v) is 8.94. The molecule has 3 rings (SSSR count). The largest absolute Gasteiger partial charge is 0.353 e. The standard InChI is InChI=1S/C17H31N3O.2ClH/c18-13-17(8-2-1-3-9-17)12-16(21)19-14-6-10-20(11-7-14)15-4-5-15;;/h14-15H,1-13,18H2,(H,19,21);2*1H. The fourth-order valence-electron chi connectivity index (χ4n) is 4.22. The van der Waals surface area contributed by atoms with Gasteiger partial charge >= 0.3 is 0 Å². The van der Waals surface area contributed by atoms with Crippen molar-refractivity contribution < 1.29 is 4.79 Å². The van der Waals surface area contributed by atoms with Crippen molar-refractivity contribution >= 4 is 30.7 Å². The van der Waals surface area contributed by atoms with E-state index in [4.69, 9.17) is 5.73 Å². The molecule has 0 aromatic heterocycles. The van der Waals surface area contributed by atoms with E-state index in [0.29, 0.717) is 19.0 Å². The summed E-state index contributed by atoms with van der Waals surface area (Å²) >= 11 is 0. The first-order chi connectivity index (χ1) is 10.2. The number of amides is 1. The number of nitrogens with zero attached hydrogens (tertiary/aromatic N) is 1. The molecule has 3 fully saturated rings. The van der Waals surface area contributed by atoms with Gasteiger partial charge in [-0.1, -0.05) is 19.3 Å². The van der Waals surface area contributed by atoms with Crippen LogP contribution in [-0.4, -0.2) is 42.5 Å². The number of likely N-dealkylation sites (tertiary alicyclic amines) is 1. The Bertz CT molecular complexity index is 363. The van der Waals surface area contributed by atoms with E-state index >= 15 is 0 Å². The van der Waals surface area contributed by atoms with Crippen LogP contribution in [0.1, 0.15) is 64.2 Å². The van der Waals surface area contributed by atoms with Gasteiger partial charge in [0.2, 0.25) is 5.91 Å². The molecule has 0 spiro atoms. The Labute approximate surface area is 153 Å². The number of halogens is 2. The minimum absolute atomic E-state index is 0. The Morgan fingerprint density at radius 2 is 1.65 bits per heavy atom. The van der Waals surface area contributed by atoms with E-state index in [0.717, 1.165) is 44.8 Å². The molecule has 0 atom stereocenters. The maximum Gasteiger partial charge on any atom is 0.220 e. The van der Waals surface area contributed by atoms with Crippen molar-refractivity contribution in [3.05, 3.63) is 0 Å². The summed E-state index contributed by atoms with van der Waals surface area (Å²) in [6.45, 7) is 3.00. The lowest BCUT2D eigenvalue weighted by Crippen LogP contribution is -2.47. The van der Waals surface area contributed by atoms with Crippen LogP contribution in [0.15, 0.2) is 0 Å². The molecule has 4 nitrogen and oxygen atoms in total. The third-order valence-corrected chi connectivity index (χ3v) is 5.84. The Morgan fingerprint density at radius 3 is 2.17 bits per heavy atom. The molecule has 0 unspecified atom stereocenters. The van der Waals surface area contributed by atoms with E-state index in [1.54, 1.807) is 0 Å². The fourth-order valence-corrected chi connectivity index (χ4v) is 4.22. The zero-order valence-electron chi connectivity index (χ0n) is 14.1. The number of piperidine rings is 1. The highest BCUT2D eigenvalue weighted by Gasteiger charge is 2.35. The lowest BCUT2D eigenvalue weighted by molar-refractivity contribution is -0.124. The van der Waals surface area contributed by atoms with Gasteiger partial charge in [0.25, 0.3) is 0 Å². The van der Waals surface area contributed by atoms with Gasteiger partial charge in [-0.15, -0.1) is 24.8 Å². The number of nitrogens with two attached hydrogens (primary N) is 1. The molecule has 1 amide bonds. The van der Waals surface area contributed by atoms with Crippen LogP contribution in [0, 0.1) is 5.41 Å². The summed E-state index contributed by atoms with van der Waals surface area (Å²) in [4.78, 5) is 15.0. The highest BCUT2D eigenvalue weighted by Crippen LogP contribution is 2.38. The van der Waals surface area contributed by atoms with Crippen LogP contribution >= 0.6 is 24.8 Å². The summed E-state index contributed by atoms with van der Waals surface area (Å²) in [7, 11) is 0. The van der Waals surface area contributed by atoms with Crippen LogP contribution in [0.5, 0.6) is 0 Å². The molecule has 0 bridgehead atoms. The van der Waals surface area contributed by atoms with Gasteiger partial charge in [0.05, 0.1) is 0 Å². The van der Waals surface area contributed by atoms with Crippen LogP contribution in [-0.2, 0) is 4.79 Å². The van der Waals surface area contributed by atoms with Gasteiger partial charge in [-0.2, -0.15) is 0 Å². The molecule has 1 heterocycles. The van der Waals surface area contributed by atoms with Crippen molar-refractivity contribution in [3.63, 3.8) is 0 Å². The summed E-state index contributed by atoms with van der Waals surface area (Å²) in [5.74, 6) is 0.243. The van der Waals surface area contributed by atoms with Crippen molar-refractivity contribution in [2.24, 2.45) is 11.1 Å². The lowest BCUT2D eigenvalue weighted by atomic mass is 9.71. The van der Waals surface area contributed by atoms with Gasteiger partial charge in [0.15, 0.2) is 0 Å². The normalized spacial score (nSPS) is 25.1. The predicted molar refractivity (Wildman–Crippen MR) is 99.4 cm³/mol. The van der Waals surface area contributed by atoms with E-state index in [1.807, 2.05) is 0 Å². The molecular weight excluding hydrogens is 333 g/mol. The topological polar surface area (TPSA) is 58.4 Å². The first-order valence-electron chi connectivity index (χ1n) is 8.94. The first kappa shape index (κ1) is 21.0. The van der Waals surface area contributed by atoms with E-state index in [-0.39, 0.29) is 36.1 Å². The summed E-state index contributed by atoms with van der Waals surface area (Å²) in [6.07, 6.45) is 11.7. The number of hydrogen-bond acceptors (Lipinski definition) is 3. The minimum atomic E-state index is 0. The molecule has 0 radical (unpaired) electrons. The summed E-state index contributed by atoms with van der Waals surface area (Å²) < 4.78 is 0. The van der Waals surface area contributed by atoms with E-state index in [9.17, 15) is 4.79 Å². The molecule has 2 aliphatic carbocycles. The molecule has 1 aliphatic heterocycles. The van der Waals surface area contributed by atoms with E-state index in [2.05, 4.69) is 10.2 Å². The number of hydrogen-bond donors (Lipinski definition) is 2. The number of carbonyl (C=O) groups excluding carboxylic acids is 1. The van der Waals surface area contributed by atoms with Crippen LogP contribution in [0.2, 0.25) is 0 Å². The Hall–Kier alpha value is -0.0300. The zero-order valence-corrected chi connectivity index (χ0v) is 15.7. The smallest absolute Gasteiger partial charge is 0.220 e. The molecule has 23 heavy (non-hydrogen) atoms. The van der Waals surface area contributed by atoms with E-state index in [1.165, 1.54) is 32.1 Å². The second-order valence-corrected chi connectivity index (χ2v) is 7.55. The second-order valence-electron chi connectivity index (χ2n) is 7.55. The third-order valence-electron chi connectivity index (χ3n) is 5.84. The van der Waals surface area contributed by atoms with Gasteiger partial charge < -0.3 is 16.0 Å². The van der Waals surface area contributed by atoms with Gasteiger partial charge in [0, 0.05) is 31.6 Å². The van der Waals surface area contributed by atoms with Crippen molar-refractivity contribution in [1.29, 1.82) is 0 Å². The lowest BCUT2D eigenvalue weighted by Gasteiger charge is -2.37.